The minimum absolute atomic E-state index is 0.0176. The molecule has 0 saturated heterocycles. The highest BCUT2D eigenvalue weighted by molar-refractivity contribution is 6.28. The topological polar surface area (TPSA) is 90.0 Å². The van der Waals surface area contributed by atoms with Crippen LogP contribution >= 0.6 is 0 Å². The zero-order valence-electron chi connectivity index (χ0n) is 17.4. The summed E-state index contributed by atoms with van der Waals surface area (Å²) < 4.78 is 10.0. The number of imide groups is 1. The van der Waals surface area contributed by atoms with Gasteiger partial charge in [0, 0.05) is 17.7 Å². The van der Waals surface area contributed by atoms with E-state index >= 15 is 0 Å². The Morgan fingerprint density at radius 3 is 1.97 bits per heavy atom. The first kappa shape index (κ1) is 22.4. The van der Waals surface area contributed by atoms with Gasteiger partial charge in [-0.3, -0.25) is 14.4 Å². The highest BCUT2D eigenvalue weighted by atomic mass is 16.5. The second kappa shape index (κ2) is 10.2. The van der Waals surface area contributed by atoms with Crippen molar-refractivity contribution in [2.45, 2.75) is 13.3 Å². The molecule has 0 aromatic heterocycles. The first-order valence-electron chi connectivity index (χ1n) is 9.87. The number of esters is 2. The highest BCUT2D eigenvalue weighted by Crippen LogP contribution is 2.21. The molecule has 32 heavy (non-hydrogen) atoms. The van der Waals surface area contributed by atoms with Gasteiger partial charge in [0.1, 0.15) is 5.75 Å². The van der Waals surface area contributed by atoms with Crippen molar-refractivity contribution in [1.82, 2.24) is 0 Å². The molecule has 7 heteroatoms. The van der Waals surface area contributed by atoms with Gasteiger partial charge in [-0.15, -0.1) is 0 Å². The molecule has 7 nitrogen and oxygen atoms in total. The molecule has 3 rings (SSSR count). The van der Waals surface area contributed by atoms with Gasteiger partial charge in [0.15, 0.2) is 0 Å². The number of carbonyl (C=O) groups is 4. The highest BCUT2D eigenvalue weighted by Gasteiger charge is 2.24. The second-order valence-corrected chi connectivity index (χ2v) is 6.81. The monoisotopic (exact) mass is 431 g/mol. The van der Waals surface area contributed by atoms with Crippen LogP contribution in [0.15, 0.2) is 72.8 Å². The fourth-order valence-corrected chi connectivity index (χ4v) is 2.87. The smallest absolute Gasteiger partial charge is 0.339 e. The molecule has 0 bridgehead atoms. The van der Waals surface area contributed by atoms with E-state index in [2.05, 4.69) is 6.58 Å². The summed E-state index contributed by atoms with van der Waals surface area (Å²) >= 11 is 0. The number of ether oxygens (including phenoxy) is 2. The van der Waals surface area contributed by atoms with Crippen LogP contribution in [0, 0.1) is 0 Å². The molecule has 162 valence electrons. The van der Waals surface area contributed by atoms with Crippen molar-refractivity contribution in [3.05, 3.63) is 84.0 Å². The number of rotatable bonds is 8. The summed E-state index contributed by atoms with van der Waals surface area (Å²) in [5.74, 6) is -1.60. The summed E-state index contributed by atoms with van der Waals surface area (Å²) in [7, 11) is 0. The third-order valence-electron chi connectivity index (χ3n) is 4.47. The average molecular weight is 431 g/mol. The van der Waals surface area contributed by atoms with E-state index in [-0.39, 0.29) is 30.4 Å². The Bertz CT molecular complexity index is 1090. The number of hydrogen-bond donors (Lipinski definition) is 0. The Kier molecular flexibility index (Phi) is 7.13. The number of nitrogens with zero attached hydrogens (tertiary/aromatic N) is 1. The summed E-state index contributed by atoms with van der Waals surface area (Å²) in [6.07, 6.45) is 6.01. The van der Waals surface area contributed by atoms with Crippen LogP contribution in [-0.2, 0) is 23.9 Å². The molecule has 0 unspecified atom stereocenters. The Morgan fingerprint density at radius 1 is 0.906 bits per heavy atom. The van der Waals surface area contributed by atoms with E-state index in [1.54, 1.807) is 55.5 Å². The van der Waals surface area contributed by atoms with Crippen LogP contribution in [0.5, 0.6) is 5.75 Å². The molecule has 0 aliphatic carbocycles. The lowest BCUT2D eigenvalue weighted by molar-refractivity contribution is -0.143. The predicted molar refractivity (Wildman–Crippen MR) is 119 cm³/mol. The molecule has 0 spiro atoms. The van der Waals surface area contributed by atoms with Gasteiger partial charge in [0.25, 0.3) is 11.8 Å². The van der Waals surface area contributed by atoms with Crippen molar-refractivity contribution in [3.63, 3.8) is 0 Å². The number of anilines is 1. The lowest BCUT2D eigenvalue weighted by atomic mass is 10.1. The van der Waals surface area contributed by atoms with Gasteiger partial charge in [0.2, 0.25) is 0 Å². The Hall–Kier alpha value is -4.26. The number of amides is 2. The second-order valence-electron chi connectivity index (χ2n) is 6.81. The number of hydrogen-bond acceptors (Lipinski definition) is 6. The van der Waals surface area contributed by atoms with Crippen LogP contribution in [0.3, 0.4) is 0 Å². The van der Waals surface area contributed by atoms with Gasteiger partial charge in [0.05, 0.1) is 18.7 Å². The third-order valence-corrected chi connectivity index (χ3v) is 4.47. The fourth-order valence-electron chi connectivity index (χ4n) is 2.87. The fraction of sp³-hybridized carbons (Fsp3) is 0.120. The molecular weight excluding hydrogens is 410 g/mol. The van der Waals surface area contributed by atoms with Gasteiger partial charge < -0.3 is 9.47 Å². The van der Waals surface area contributed by atoms with Crippen molar-refractivity contribution in [1.29, 1.82) is 0 Å². The van der Waals surface area contributed by atoms with E-state index in [1.165, 1.54) is 12.2 Å². The minimum atomic E-state index is -0.688. The van der Waals surface area contributed by atoms with Crippen LogP contribution in [-0.4, -0.2) is 30.4 Å². The van der Waals surface area contributed by atoms with Gasteiger partial charge in [-0.25, -0.2) is 9.69 Å². The molecule has 0 atom stereocenters. The molecule has 2 amide bonds. The molecule has 0 fully saturated rings. The molecule has 0 N–H and O–H groups in total. The van der Waals surface area contributed by atoms with Gasteiger partial charge in [-0.1, -0.05) is 43.0 Å². The Balaban J connectivity index is 1.56. The van der Waals surface area contributed by atoms with Crippen molar-refractivity contribution in [2.75, 3.05) is 11.5 Å². The van der Waals surface area contributed by atoms with E-state index < -0.39 is 11.9 Å². The molecule has 0 saturated carbocycles. The Morgan fingerprint density at radius 2 is 1.44 bits per heavy atom. The maximum atomic E-state index is 12.0. The predicted octanol–water partition coefficient (Wildman–Crippen LogP) is 3.70. The quantitative estimate of drug-likeness (QED) is 0.208. The summed E-state index contributed by atoms with van der Waals surface area (Å²) in [6.45, 7) is 5.48. The molecular formula is C25H21NO6. The van der Waals surface area contributed by atoms with Crippen molar-refractivity contribution in [2.24, 2.45) is 0 Å². The first-order chi connectivity index (χ1) is 15.4. The maximum Gasteiger partial charge on any atom is 0.339 e. The summed E-state index contributed by atoms with van der Waals surface area (Å²) in [5, 5.41) is 0. The molecule has 2 aromatic carbocycles. The van der Waals surface area contributed by atoms with Crippen LogP contribution in [0.4, 0.5) is 5.69 Å². The summed E-state index contributed by atoms with van der Waals surface area (Å²) in [6, 6.07) is 13.8. The van der Waals surface area contributed by atoms with E-state index in [0.29, 0.717) is 11.4 Å². The van der Waals surface area contributed by atoms with Crippen LogP contribution < -0.4 is 9.64 Å². The van der Waals surface area contributed by atoms with Crippen LogP contribution in [0.25, 0.3) is 12.2 Å². The SMILES string of the molecule is C=C(CC(=O)OCC)C(=O)Oc1ccc(/C=C/c2ccc(N3C(=O)C=CC3=O)cc2)cc1. The lowest BCUT2D eigenvalue weighted by Crippen LogP contribution is -2.29. The minimum Gasteiger partial charge on any atom is -0.466 e. The van der Waals surface area contributed by atoms with E-state index in [0.717, 1.165) is 16.0 Å². The first-order valence-corrected chi connectivity index (χ1v) is 9.87. The largest absolute Gasteiger partial charge is 0.466 e. The van der Waals surface area contributed by atoms with Crippen LogP contribution in [0.1, 0.15) is 24.5 Å². The van der Waals surface area contributed by atoms with Crippen LogP contribution in [0.2, 0.25) is 0 Å². The van der Waals surface area contributed by atoms with Crippen molar-refractivity contribution < 1.29 is 28.7 Å². The zero-order chi connectivity index (χ0) is 23.1. The normalized spacial score (nSPS) is 13.0. The summed E-state index contributed by atoms with van der Waals surface area (Å²) in [5.41, 5.74) is 2.28. The van der Waals surface area contributed by atoms with Gasteiger partial charge in [-0.2, -0.15) is 0 Å². The van der Waals surface area contributed by atoms with Crippen molar-refractivity contribution >= 4 is 41.6 Å². The lowest BCUT2D eigenvalue weighted by Gasteiger charge is -2.13. The summed E-state index contributed by atoms with van der Waals surface area (Å²) in [4.78, 5) is 48.0. The van der Waals surface area contributed by atoms with Gasteiger partial charge in [-0.05, 0) is 42.3 Å². The third kappa shape index (κ3) is 5.66. The zero-order valence-corrected chi connectivity index (χ0v) is 17.4. The maximum absolute atomic E-state index is 12.0. The molecule has 1 aliphatic rings. The molecule has 1 heterocycles. The molecule has 1 aliphatic heterocycles. The van der Waals surface area contributed by atoms with E-state index in [4.69, 9.17) is 9.47 Å². The van der Waals surface area contributed by atoms with Crippen molar-refractivity contribution in [3.8, 4) is 5.75 Å². The molecule has 0 radical (unpaired) electrons. The average Bonchev–Trinajstić information content (AvgIpc) is 3.11. The number of benzene rings is 2. The van der Waals surface area contributed by atoms with Gasteiger partial charge >= 0.3 is 11.9 Å². The standard InChI is InChI=1S/C25H21NO6/c1-3-31-24(29)16-17(2)25(30)32-21-12-8-19(9-13-21)5-4-18-6-10-20(11-7-18)26-22(27)14-15-23(26)28/h4-15H,2-3,16H2,1H3/b5-4+. The van der Waals surface area contributed by atoms with E-state index in [9.17, 15) is 19.2 Å². The Labute approximate surface area is 185 Å². The number of carbonyl (C=O) groups excluding carboxylic acids is 4. The van der Waals surface area contributed by atoms with E-state index in [1.807, 2.05) is 12.2 Å². The molecule has 2 aromatic rings.